The maximum atomic E-state index is 9.39. The van der Waals surface area contributed by atoms with Gasteiger partial charge in [-0.05, 0) is 37.2 Å². The highest BCUT2D eigenvalue weighted by Gasteiger charge is 2.40. The molecule has 0 heterocycles. The summed E-state index contributed by atoms with van der Waals surface area (Å²) in [7, 11) is 0. The topological polar surface area (TPSA) is 46.2 Å². The molecule has 0 radical (unpaired) electrons. The van der Waals surface area contributed by atoms with Gasteiger partial charge in [0.15, 0.2) is 0 Å². The van der Waals surface area contributed by atoms with Crippen LogP contribution in [0.3, 0.4) is 0 Å². The third-order valence-corrected chi connectivity index (χ3v) is 4.05. The number of aliphatic hydroxyl groups excluding tert-OH is 1. The van der Waals surface area contributed by atoms with Crippen molar-refractivity contribution >= 4 is 0 Å². The Kier molecular flexibility index (Phi) is 3.55. The van der Waals surface area contributed by atoms with Crippen LogP contribution < -0.4 is 5.73 Å². The summed E-state index contributed by atoms with van der Waals surface area (Å²) in [6.07, 6.45) is 5.82. The smallest absolute Gasteiger partial charge is 0.0608 e. The number of hydrogen-bond acceptors (Lipinski definition) is 2. The van der Waals surface area contributed by atoms with Gasteiger partial charge in [-0.3, -0.25) is 0 Å². The van der Waals surface area contributed by atoms with E-state index in [4.69, 9.17) is 5.73 Å². The maximum Gasteiger partial charge on any atom is 0.0608 e. The van der Waals surface area contributed by atoms with E-state index in [1.165, 1.54) is 31.2 Å². The van der Waals surface area contributed by atoms with Crippen molar-refractivity contribution in [3.8, 4) is 0 Å². The first kappa shape index (κ1) is 12.6. The fraction of sp³-hybridized carbons (Fsp3) is 0.600. The average Bonchev–Trinajstić information content (AvgIpc) is 2.79. The number of hydrogen-bond donors (Lipinski definition) is 2. The Labute approximate surface area is 104 Å². The zero-order chi connectivity index (χ0) is 12.4. The molecule has 0 spiro atoms. The zero-order valence-electron chi connectivity index (χ0n) is 10.7. The fourth-order valence-corrected chi connectivity index (χ4v) is 3.24. The minimum atomic E-state index is -0.472. The maximum absolute atomic E-state index is 9.39. The van der Waals surface area contributed by atoms with Crippen LogP contribution in [-0.2, 0) is 5.41 Å². The summed E-state index contributed by atoms with van der Waals surface area (Å²) < 4.78 is 0. The lowest BCUT2D eigenvalue weighted by atomic mass is 9.71. The molecule has 0 aliphatic heterocycles. The van der Waals surface area contributed by atoms with Crippen LogP contribution in [-0.4, -0.2) is 17.3 Å². The SMILES string of the molecule is CC(N)(CO)CC1(c2ccccc2)CCCC1. The Hall–Kier alpha value is -0.860. The molecule has 1 unspecified atom stereocenters. The molecule has 0 bridgehead atoms. The Morgan fingerprint density at radius 1 is 1.24 bits per heavy atom. The molecule has 1 saturated carbocycles. The van der Waals surface area contributed by atoms with E-state index in [9.17, 15) is 5.11 Å². The molecule has 1 atom stereocenters. The second kappa shape index (κ2) is 4.79. The van der Waals surface area contributed by atoms with Gasteiger partial charge in [-0.2, -0.15) is 0 Å². The van der Waals surface area contributed by atoms with Crippen molar-refractivity contribution in [3.05, 3.63) is 35.9 Å². The van der Waals surface area contributed by atoms with E-state index in [1.807, 2.05) is 6.92 Å². The second-order valence-corrected chi connectivity index (χ2v) is 5.84. The quantitative estimate of drug-likeness (QED) is 0.839. The lowest BCUT2D eigenvalue weighted by Gasteiger charge is -2.37. The van der Waals surface area contributed by atoms with Crippen molar-refractivity contribution in [1.29, 1.82) is 0 Å². The Morgan fingerprint density at radius 3 is 2.35 bits per heavy atom. The van der Waals surface area contributed by atoms with E-state index in [1.54, 1.807) is 0 Å². The predicted octanol–water partition coefficient (Wildman–Crippen LogP) is 2.60. The molecule has 94 valence electrons. The van der Waals surface area contributed by atoms with Gasteiger partial charge < -0.3 is 10.8 Å². The summed E-state index contributed by atoms with van der Waals surface area (Å²) in [4.78, 5) is 0. The van der Waals surface area contributed by atoms with Crippen LogP contribution in [0.4, 0.5) is 0 Å². The van der Waals surface area contributed by atoms with E-state index in [0.29, 0.717) is 0 Å². The highest BCUT2D eigenvalue weighted by molar-refractivity contribution is 5.27. The number of aliphatic hydroxyl groups is 1. The van der Waals surface area contributed by atoms with Crippen molar-refractivity contribution in [2.45, 2.75) is 50.0 Å². The van der Waals surface area contributed by atoms with E-state index in [2.05, 4.69) is 30.3 Å². The average molecular weight is 233 g/mol. The Bertz CT molecular complexity index is 352. The largest absolute Gasteiger partial charge is 0.394 e. The van der Waals surface area contributed by atoms with Crippen LogP contribution in [0.1, 0.15) is 44.6 Å². The van der Waals surface area contributed by atoms with Crippen LogP contribution in [0.15, 0.2) is 30.3 Å². The summed E-state index contributed by atoms with van der Waals surface area (Å²) in [6.45, 7) is 2.01. The first-order chi connectivity index (χ1) is 8.08. The molecule has 17 heavy (non-hydrogen) atoms. The summed E-state index contributed by atoms with van der Waals surface area (Å²) in [5, 5.41) is 9.39. The number of benzene rings is 1. The predicted molar refractivity (Wildman–Crippen MR) is 70.9 cm³/mol. The molecule has 2 heteroatoms. The molecule has 1 aromatic rings. The van der Waals surface area contributed by atoms with E-state index in [0.717, 1.165) is 6.42 Å². The van der Waals surface area contributed by atoms with Gasteiger partial charge in [0.25, 0.3) is 0 Å². The highest BCUT2D eigenvalue weighted by Crippen LogP contribution is 2.45. The van der Waals surface area contributed by atoms with Gasteiger partial charge in [-0.15, -0.1) is 0 Å². The van der Waals surface area contributed by atoms with Crippen LogP contribution in [0.25, 0.3) is 0 Å². The highest BCUT2D eigenvalue weighted by atomic mass is 16.3. The zero-order valence-corrected chi connectivity index (χ0v) is 10.7. The van der Waals surface area contributed by atoms with Crippen LogP contribution in [0, 0.1) is 0 Å². The van der Waals surface area contributed by atoms with Crippen molar-refractivity contribution in [1.82, 2.24) is 0 Å². The van der Waals surface area contributed by atoms with Crippen molar-refractivity contribution in [2.75, 3.05) is 6.61 Å². The van der Waals surface area contributed by atoms with Crippen LogP contribution >= 0.6 is 0 Å². The van der Waals surface area contributed by atoms with Gasteiger partial charge >= 0.3 is 0 Å². The summed E-state index contributed by atoms with van der Waals surface area (Å²) in [6, 6.07) is 10.7. The van der Waals surface area contributed by atoms with E-state index < -0.39 is 5.54 Å². The van der Waals surface area contributed by atoms with Crippen molar-refractivity contribution < 1.29 is 5.11 Å². The third-order valence-electron chi connectivity index (χ3n) is 4.05. The van der Waals surface area contributed by atoms with Gasteiger partial charge in [0.1, 0.15) is 0 Å². The molecule has 0 amide bonds. The van der Waals surface area contributed by atoms with Gasteiger partial charge in [-0.1, -0.05) is 43.2 Å². The van der Waals surface area contributed by atoms with Gasteiger partial charge in [0.05, 0.1) is 6.61 Å². The molecular weight excluding hydrogens is 210 g/mol. The fourth-order valence-electron chi connectivity index (χ4n) is 3.24. The third kappa shape index (κ3) is 2.70. The summed E-state index contributed by atoms with van der Waals surface area (Å²) in [5.41, 5.74) is 7.28. The summed E-state index contributed by atoms with van der Waals surface area (Å²) in [5.74, 6) is 0. The standard InChI is InChI=1S/C15H23NO/c1-14(16,12-17)11-15(9-5-6-10-15)13-7-3-2-4-8-13/h2-4,7-8,17H,5-6,9-12,16H2,1H3. The second-order valence-electron chi connectivity index (χ2n) is 5.84. The molecule has 0 saturated heterocycles. The van der Waals surface area contributed by atoms with Gasteiger partial charge in [0.2, 0.25) is 0 Å². The normalized spacial score (nSPS) is 22.3. The molecule has 1 aliphatic rings. The van der Waals surface area contributed by atoms with Crippen LogP contribution in [0.5, 0.6) is 0 Å². The Balaban J connectivity index is 2.28. The monoisotopic (exact) mass is 233 g/mol. The molecule has 1 aromatic carbocycles. The molecular formula is C15H23NO. The van der Waals surface area contributed by atoms with Gasteiger partial charge in [0, 0.05) is 5.54 Å². The minimum absolute atomic E-state index is 0.0571. The molecule has 2 nitrogen and oxygen atoms in total. The number of nitrogens with two attached hydrogens (primary N) is 1. The lowest BCUT2D eigenvalue weighted by Crippen LogP contribution is -2.46. The molecule has 1 aliphatic carbocycles. The van der Waals surface area contributed by atoms with Crippen LogP contribution in [0.2, 0.25) is 0 Å². The van der Waals surface area contributed by atoms with E-state index >= 15 is 0 Å². The Morgan fingerprint density at radius 2 is 1.82 bits per heavy atom. The van der Waals surface area contributed by atoms with Crippen molar-refractivity contribution in [2.24, 2.45) is 5.73 Å². The minimum Gasteiger partial charge on any atom is -0.394 e. The summed E-state index contributed by atoms with van der Waals surface area (Å²) >= 11 is 0. The van der Waals surface area contributed by atoms with Gasteiger partial charge in [-0.25, -0.2) is 0 Å². The van der Waals surface area contributed by atoms with E-state index in [-0.39, 0.29) is 12.0 Å². The first-order valence-corrected chi connectivity index (χ1v) is 6.53. The molecule has 2 rings (SSSR count). The van der Waals surface area contributed by atoms with Crippen molar-refractivity contribution in [3.63, 3.8) is 0 Å². The molecule has 3 N–H and O–H groups in total. The lowest BCUT2D eigenvalue weighted by molar-refractivity contribution is 0.169. The molecule has 0 aromatic heterocycles. The molecule has 1 fully saturated rings. The number of rotatable bonds is 4. The first-order valence-electron chi connectivity index (χ1n) is 6.53.